The van der Waals surface area contributed by atoms with Gasteiger partial charge >= 0.3 is 0 Å². The van der Waals surface area contributed by atoms with Crippen molar-refractivity contribution in [3.8, 4) is 0 Å². The smallest absolute Gasteiger partial charge is 0.220 e. The van der Waals surface area contributed by atoms with Crippen LogP contribution in [0.5, 0.6) is 0 Å². The topological polar surface area (TPSA) is 55.1 Å². The Morgan fingerprint density at radius 1 is 1.47 bits per heavy atom. The highest BCUT2D eigenvalue weighted by atomic mass is 16.1. The van der Waals surface area contributed by atoms with Crippen molar-refractivity contribution in [2.45, 2.75) is 31.8 Å². The number of amides is 1. The third-order valence-corrected chi connectivity index (χ3v) is 2.85. The molecule has 1 aliphatic rings. The molecule has 0 aromatic heterocycles. The molecule has 1 amide bonds. The van der Waals surface area contributed by atoms with Crippen LogP contribution in [0.3, 0.4) is 0 Å². The summed E-state index contributed by atoms with van der Waals surface area (Å²) in [5, 5.41) is 2.95. The van der Waals surface area contributed by atoms with Gasteiger partial charge in [0.1, 0.15) is 0 Å². The molecule has 80 valence electrons. The Balaban J connectivity index is 2.24. The summed E-state index contributed by atoms with van der Waals surface area (Å²) in [5.74, 6) is 0.100. The van der Waals surface area contributed by atoms with Crippen LogP contribution in [0.25, 0.3) is 0 Å². The van der Waals surface area contributed by atoms with E-state index in [1.165, 1.54) is 5.56 Å². The molecule has 0 spiro atoms. The van der Waals surface area contributed by atoms with Crippen LogP contribution in [-0.2, 0) is 4.79 Å². The van der Waals surface area contributed by atoms with Crippen LogP contribution in [-0.4, -0.2) is 11.9 Å². The van der Waals surface area contributed by atoms with Gasteiger partial charge in [0.15, 0.2) is 0 Å². The number of nitrogens with two attached hydrogens (primary N) is 1. The SMILES string of the molecule is Cc1cccc(C2NC(=O)CCC2N)c1. The lowest BCUT2D eigenvalue weighted by Gasteiger charge is -2.30. The van der Waals surface area contributed by atoms with Gasteiger partial charge in [0.05, 0.1) is 6.04 Å². The van der Waals surface area contributed by atoms with E-state index in [0.29, 0.717) is 6.42 Å². The lowest BCUT2D eigenvalue weighted by Crippen LogP contribution is -2.45. The molecular formula is C12H16N2O. The molecule has 0 bridgehead atoms. The number of carbonyl (C=O) groups excluding carboxylic acids is 1. The van der Waals surface area contributed by atoms with Crippen molar-refractivity contribution < 1.29 is 4.79 Å². The fourth-order valence-electron chi connectivity index (χ4n) is 2.01. The first-order chi connectivity index (χ1) is 7.16. The summed E-state index contributed by atoms with van der Waals surface area (Å²) in [6, 6.07) is 8.15. The number of carbonyl (C=O) groups is 1. The standard InChI is InChI=1S/C12H16N2O/c1-8-3-2-4-9(7-8)12-10(13)5-6-11(15)14-12/h2-4,7,10,12H,5-6,13H2,1H3,(H,14,15). The predicted octanol–water partition coefficient (Wildman–Crippen LogP) is 1.27. The van der Waals surface area contributed by atoms with Gasteiger partial charge in [-0.1, -0.05) is 29.8 Å². The maximum absolute atomic E-state index is 11.3. The molecule has 15 heavy (non-hydrogen) atoms. The summed E-state index contributed by atoms with van der Waals surface area (Å²) in [6.07, 6.45) is 1.31. The lowest BCUT2D eigenvalue weighted by molar-refractivity contribution is -0.123. The third-order valence-electron chi connectivity index (χ3n) is 2.85. The largest absolute Gasteiger partial charge is 0.348 e. The van der Waals surface area contributed by atoms with E-state index in [0.717, 1.165) is 12.0 Å². The zero-order chi connectivity index (χ0) is 10.8. The first-order valence-electron chi connectivity index (χ1n) is 5.28. The molecule has 1 saturated heterocycles. The molecule has 0 saturated carbocycles. The molecule has 3 N–H and O–H groups in total. The summed E-state index contributed by atoms with van der Waals surface area (Å²) in [7, 11) is 0. The Bertz CT molecular complexity index is 376. The van der Waals surface area contributed by atoms with Crippen LogP contribution in [0.2, 0.25) is 0 Å². The first kappa shape index (κ1) is 10.2. The van der Waals surface area contributed by atoms with E-state index in [-0.39, 0.29) is 18.0 Å². The van der Waals surface area contributed by atoms with E-state index in [1.54, 1.807) is 0 Å². The van der Waals surface area contributed by atoms with E-state index in [2.05, 4.69) is 11.4 Å². The van der Waals surface area contributed by atoms with Crippen LogP contribution < -0.4 is 11.1 Å². The van der Waals surface area contributed by atoms with Crippen molar-refractivity contribution in [2.75, 3.05) is 0 Å². The Morgan fingerprint density at radius 3 is 3.00 bits per heavy atom. The minimum atomic E-state index is -0.0221. The molecule has 1 aromatic carbocycles. The summed E-state index contributed by atoms with van der Waals surface area (Å²) < 4.78 is 0. The molecule has 0 radical (unpaired) electrons. The summed E-state index contributed by atoms with van der Waals surface area (Å²) in [5.41, 5.74) is 8.31. The Labute approximate surface area is 89.7 Å². The van der Waals surface area contributed by atoms with Crippen molar-refractivity contribution in [1.82, 2.24) is 5.32 Å². The molecule has 1 aromatic rings. The van der Waals surface area contributed by atoms with E-state index in [9.17, 15) is 4.79 Å². The van der Waals surface area contributed by atoms with Crippen LogP contribution >= 0.6 is 0 Å². The Morgan fingerprint density at radius 2 is 2.27 bits per heavy atom. The monoisotopic (exact) mass is 204 g/mol. The van der Waals surface area contributed by atoms with Crippen LogP contribution in [0, 0.1) is 6.92 Å². The Kier molecular flexibility index (Phi) is 2.73. The van der Waals surface area contributed by atoms with Gasteiger partial charge in [0.2, 0.25) is 5.91 Å². The van der Waals surface area contributed by atoms with Crippen molar-refractivity contribution >= 4 is 5.91 Å². The third kappa shape index (κ3) is 2.18. The zero-order valence-corrected chi connectivity index (χ0v) is 8.86. The molecular weight excluding hydrogens is 188 g/mol. The van der Waals surface area contributed by atoms with Gasteiger partial charge in [0.25, 0.3) is 0 Å². The van der Waals surface area contributed by atoms with Crippen LogP contribution in [0.15, 0.2) is 24.3 Å². The van der Waals surface area contributed by atoms with Gasteiger partial charge in [-0.15, -0.1) is 0 Å². The van der Waals surface area contributed by atoms with Crippen LogP contribution in [0.1, 0.15) is 30.0 Å². The fraction of sp³-hybridized carbons (Fsp3) is 0.417. The van der Waals surface area contributed by atoms with Crippen molar-refractivity contribution in [2.24, 2.45) is 5.73 Å². The number of benzene rings is 1. The number of hydrogen-bond acceptors (Lipinski definition) is 2. The van der Waals surface area contributed by atoms with E-state index in [1.807, 2.05) is 25.1 Å². The number of nitrogens with one attached hydrogen (secondary N) is 1. The first-order valence-corrected chi connectivity index (χ1v) is 5.28. The minimum absolute atomic E-state index is 0.0221. The summed E-state index contributed by atoms with van der Waals surface area (Å²) >= 11 is 0. The van der Waals surface area contributed by atoms with Gasteiger partial charge in [-0.05, 0) is 18.9 Å². The molecule has 0 aliphatic carbocycles. The van der Waals surface area contributed by atoms with Crippen LogP contribution in [0.4, 0.5) is 0 Å². The second-order valence-electron chi connectivity index (χ2n) is 4.16. The predicted molar refractivity (Wildman–Crippen MR) is 59.3 cm³/mol. The Hall–Kier alpha value is -1.35. The van der Waals surface area contributed by atoms with Gasteiger partial charge in [-0.25, -0.2) is 0 Å². The molecule has 1 fully saturated rings. The summed E-state index contributed by atoms with van der Waals surface area (Å²) in [6.45, 7) is 2.04. The average Bonchev–Trinajstić information content (AvgIpc) is 2.22. The van der Waals surface area contributed by atoms with Gasteiger partial charge in [-0.3, -0.25) is 4.79 Å². The molecule has 1 aliphatic heterocycles. The maximum atomic E-state index is 11.3. The highest BCUT2D eigenvalue weighted by Gasteiger charge is 2.26. The molecule has 2 rings (SSSR count). The second-order valence-corrected chi connectivity index (χ2v) is 4.16. The van der Waals surface area contributed by atoms with Crippen molar-refractivity contribution in [3.63, 3.8) is 0 Å². The zero-order valence-electron chi connectivity index (χ0n) is 8.86. The van der Waals surface area contributed by atoms with Crippen molar-refractivity contribution in [3.05, 3.63) is 35.4 Å². The molecule has 3 nitrogen and oxygen atoms in total. The van der Waals surface area contributed by atoms with Gasteiger partial charge in [0, 0.05) is 12.5 Å². The molecule has 2 atom stereocenters. The highest BCUT2D eigenvalue weighted by molar-refractivity contribution is 5.77. The number of hydrogen-bond donors (Lipinski definition) is 2. The van der Waals surface area contributed by atoms with Gasteiger partial charge < -0.3 is 11.1 Å². The van der Waals surface area contributed by atoms with Gasteiger partial charge in [-0.2, -0.15) is 0 Å². The lowest BCUT2D eigenvalue weighted by atomic mass is 9.92. The minimum Gasteiger partial charge on any atom is -0.348 e. The highest BCUT2D eigenvalue weighted by Crippen LogP contribution is 2.23. The quantitative estimate of drug-likeness (QED) is 0.724. The molecule has 2 unspecified atom stereocenters. The summed E-state index contributed by atoms with van der Waals surface area (Å²) in [4.78, 5) is 11.3. The van der Waals surface area contributed by atoms with E-state index in [4.69, 9.17) is 5.73 Å². The molecule has 3 heteroatoms. The molecule has 1 heterocycles. The number of rotatable bonds is 1. The number of aryl methyl sites for hydroxylation is 1. The second kappa shape index (κ2) is 4.03. The normalized spacial score (nSPS) is 26.1. The van der Waals surface area contributed by atoms with Crippen molar-refractivity contribution in [1.29, 1.82) is 0 Å². The number of piperidine rings is 1. The average molecular weight is 204 g/mol. The maximum Gasteiger partial charge on any atom is 0.220 e. The fourth-order valence-corrected chi connectivity index (χ4v) is 2.01. The van der Waals surface area contributed by atoms with E-state index < -0.39 is 0 Å². The van der Waals surface area contributed by atoms with E-state index >= 15 is 0 Å².